The van der Waals surface area contributed by atoms with E-state index in [0.29, 0.717) is 0 Å². The Bertz CT molecular complexity index is 791. The van der Waals surface area contributed by atoms with Crippen molar-refractivity contribution < 1.29 is 25.8 Å². The molecule has 0 amide bonds. The van der Waals surface area contributed by atoms with Crippen molar-refractivity contribution in [3.8, 4) is 0 Å². The number of hydrogen-bond donors (Lipinski definition) is 0. The fourth-order valence-corrected chi connectivity index (χ4v) is 9.43. The number of fused-ring (bicyclic) bond motifs is 3. The molecule has 0 N–H and O–H groups in total. The van der Waals surface area contributed by atoms with Crippen LogP contribution >= 0.6 is 0 Å². The van der Waals surface area contributed by atoms with Crippen LogP contribution in [0.5, 0.6) is 0 Å². The van der Waals surface area contributed by atoms with Gasteiger partial charge in [0.15, 0.2) is 0 Å². The maximum atomic E-state index is 2.51. The van der Waals surface area contributed by atoms with E-state index in [1.54, 1.807) is 11.1 Å². The van der Waals surface area contributed by atoms with Crippen molar-refractivity contribution in [1.29, 1.82) is 0 Å². The molecule has 2 aromatic rings. The maximum Gasteiger partial charge on any atom is 4.00 e. The molecule has 4 aliphatic carbocycles. The number of rotatable bonds is 4. The third-order valence-electron chi connectivity index (χ3n) is 10.3. The van der Waals surface area contributed by atoms with Gasteiger partial charge in [-0.2, -0.15) is 0 Å². The molecule has 0 nitrogen and oxygen atoms in total. The van der Waals surface area contributed by atoms with Crippen molar-refractivity contribution >= 4 is 0 Å². The smallest absolute Gasteiger partial charge is 0.358 e. The van der Waals surface area contributed by atoms with Crippen LogP contribution in [0, 0.1) is 65.2 Å². The van der Waals surface area contributed by atoms with Gasteiger partial charge in [0, 0.05) is 5.41 Å². The van der Waals surface area contributed by atoms with Crippen LogP contribution in [0.25, 0.3) is 0 Å². The van der Waals surface area contributed by atoms with Crippen LogP contribution in [0.3, 0.4) is 0 Å². The molecule has 4 unspecified atom stereocenters. The Labute approximate surface area is 244 Å². The van der Waals surface area contributed by atoms with E-state index in [1.807, 2.05) is 0 Å². The Balaban J connectivity index is 0.00000130. The second kappa shape index (κ2) is 14.5. The minimum Gasteiger partial charge on any atom is -0.358 e. The van der Waals surface area contributed by atoms with E-state index >= 15 is 0 Å². The topological polar surface area (TPSA) is 0 Å². The molecule has 0 heterocycles. The fourth-order valence-electron chi connectivity index (χ4n) is 9.43. The molecule has 6 rings (SSSR count). The van der Waals surface area contributed by atoms with Crippen LogP contribution in [0.15, 0.2) is 60.7 Å². The molecule has 4 atom stereocenters. The Kier molecular flexibility index (Phi) is 13.4. The molecule has 196 valence electrons. The first-order valence-electron chi connectivity index (χ1n) is 13.5. The molecule has 0 spiro atoms. The first kappa shape index (κ1) is 33.3. The van der Waals surface area contributed by atoms with Crippen LogP contribution < -0.4 is 0 Å². The summed E-state index contributed by atoms with van der Waals surface area (Å²) in [6.45, 7) is 0. The van der Waals surface area contributed by atoms with Gasteiger partial charge in [0.25, 0.3) is 0 Å². The van der Waals surface area contributed by atoms with Gasteiger partial charge in [-0.25, -0.2) is 0 Å². The molecule has 1 heteroatoms. The Morgan fingerprint density at radius 3 is 1.17 bits per heavy atom. The molecule has 0 saturated heterocycles. The molecule has 4 saturated carbocycles. The molecular formula is C35H52Hf. The van der Waals surface area contributed by atoms with E-state index in [4.69, 9.17) is 0 Å². The summed E-state index contributed by atoms with van der Waals surface area (Å²) in [5, 5.41) is 0. The number of benzene rings is 2. The monoisotopic (exact) mass is 652 g/mol. The minimum atomic E-state index is 0. The van der Waals surface area contributed by atoms with Crippen molar-refractivity contribution in [3.63, 3.8) is 0 Å². The molecule has 36 heavy (non-hydrogen) atoms. The zero-order chi connectivity index (χ0) is 20.7. The van der Waals surface area contributed by atoms with Crippen LogP contribution in [0.4, 0.5) is 0 Å². The van der Waals surface area contributed by atoms with Gasteiger partial charge < -0.3 is 29.7 Å². The first-order chi connectivity index (χ1) is 15.4. The molecule has 0 aromatic heterocycles. The van der Waals surface area contributed by atoms with E-state index in [2.05, 4.69) is 60.7 Å². The third kappa shape index (κ3) is 5.39. The Morgan fingerprint density at radius 1 is 0.444 bits per heavy atom. The molecule has 0 aliphatic heterocycles. The first-order valence-corrected chi connectivity index (χ1v) is 13.5. The van der Waals surface area contributed by atoms with Gasteiger partial charge in [0.2, 0.25) is 0 Å². The second-order valence-electron chi connectivity index (χ2n) is 11.3. The van der Waals surface area contributed by atoms with Crippen LogP contribution in [-0.4, -0.2) is 0 Å². The van der Waals surface area contributed by atoms with Gasteiger partial charge in [-0.05, 0) is 85.2 Å². The fraction of sp³-hybridized carbons (Fsp3) is 0.543. The predicted molar refractivity (Wildman–Crippen MR) is 156 cm³/mol. The van der Waals surface area contributed by atoms with Gasteiger partial charge in [-0.3, -0.25) is 0 Å². The van der Waals surface area contributed by atoms with Crippen molar-refractivity contribution in [2.45, 2.75) is 82.5 Å². The Hall–Kier alpha value is -0.690. The summed E-state index contributed by atoms with van der Waals surface area (Å²) < 4.78 is 0. The van der Waals surface area contributed by atoms with E-state index in [0.717, 1.165) is 35.5 Å². The molecule has 4 fully saturated rings. The molecular weight excluding hydrogens is 599 g/mol. The summed E-state index contributed by atoms with van der Waals surface area (Å²) in [6, 6.07) is 23.8. The van der Waals surface area contributed by atoms with Crippen molar-refractivity contribution in [3.05, 3.63) is 101 Å². The summed E-state index contributed by atoms with van der Waals surface area (Å²) in [7, 11) is 0. The standard InChI is InChI=1S/C31H40.4CH3.Hf/c1-3-13-23(14-4-1)31(25-17-7-8-18-25,24-15-5-2-6-16-24)30-28-21-11-9-19-26(28)27-20-10-12-22-29(27)30;;;;;/h1-6,13-16,25-30H,7-12,17-22H2;4*1H3;/q;4*-1;+4. The summed E-state index contributed by atoms with van der Waals surface area (Å²) in [4.78, 5) is 0. The SMILES string of the molecule is [CH3-].[CH3-].[CH3-].[CH3-].[Hf+4].c1ccc(C(c2ccccc2)(C2CCCC2)C2C3CCCCC3C3CCCCC32)cc1. The van der Waals surface area contributed by atoms with Crippen LogP contribution in [0.2, 0.25) is 0 Å². The van der Waals surface area contributed by atoms with Gasteiger partial charge in [-0.1, -0.05) is 99.2 Å². The second-order valence-corrected chi connectivity index (χ2v) is 11.3. The summed E-state index contributed by atoms with van der Waals surface area (Å²) in [5.74, 6) is 5.57. The summed E-state index contributed by atoms with van der Waals surface area (Å²) in [6.07, 6.45) is 17.7. The van der Waals surface area contributed by atoms with Gasteiger partial charge in [-0.15, -0.1) is 0 Å². The van der Waals surface area contributed by atoms with Crippen molar-refractivity contribution in [1.82, 2.24) is 0 Å². The quantitative estimate of drug-likeness (QED) is 0.228. The van der Waals surface area contributed by atoms with Crippen LogP contribution in [-0.2, 0) is 31.3 Å². The minimum absolute atomic E-state index is 0. The summed E-state index contributed by atoms with van der Waals surface area (Å²) in [5.41, 5.74) is 3.51. The maximum absolute atomic E-state index is 2.51. The third-order valence-corrected chi connectivity index (χ3v) is 10.3. The normalized spacial score (nSPS) is 29.1. The average molecular weight is 651 g/mol. The summed E-state index contributed by atoms with van der Waals surface area (Å²) >= 11 is 0. The largest absolute Gasteiger partial charge is 4.00 e. The van der Waals surface area contributed by atoms with Gasteiger partial charge in [0.05, 0.1) is 0 Å². The zero-order valence-corrected chi connectivity index (χ0v) is 27.3. The van der Waals surface area contributed by atoms with E-state index in [-0.39, 0.29) is 61.0 Å². The molecule has 0 radical (unpaired) electrons. The van der Waals surface area contributed by atoms with E-state index < -0.39 is 0 Å². The van der Waals surface area contributed by atoms with Crippen molar-refractivity contribution in [2.75, 3.05) is 0 Å². The van der Waals surface area contributed by atoms with Crippen molar-refractivity contribution in [2.24, 2.45) is 35.5 Å². The van der Waals surface area contributed by atoms with E-state index in [9.17, 15) is 0 Å². The Morgan fingerprint density at radius 2 is 0.778 bits per heavy atom. The molecule has 4 aliphatic rings. The van der Waals surface area contributed by atoms with Gasteiger partial charge in [0.1, 0.15) is 0 Å². The number of hydrogen-bond acceptors (Lipinski definition) is 0. The molecule has 0 bridgehead atoms. The average Bonchev–Trinajstić information content (AvgIpc) is 3.49. The predicted octanol–water partition coefficient (Wildman–Crippen LogP) is 10.2. The zero-order valence-electron chi connectivity index (χ0n) is 23.7. The molecule has 2 aromatic carbocycles. The van der Waals surface area contributed by atoms with Gasteiger partial charge >= 0.3 is 25.8 Å². The van der Waals surface area contributed by atoms with E-state index in [1.165, 1.54) is 77.0 Å². The van der Waals surface area contributed by atoms with Crippen LogP contribution in [0.1, 0.15) is 88.2 Å².